The summed E-state index contributed by atoms with van der Waals surface area (Å²) in [5.74, 6) is 0.0495. The van der Waals surface area contributed by atoms with Crippen molar-refractivity contribution in [2.24, 2.45) is 0 Å². The van der Waals surface area contributed by atoms with Crippen LogP contribution in [0.5, 0.6) is 0 Å². The molecule has 30 heavy (non-hydrogen) atoms. The Morgan fingerprint density at radius 2 is 1.87 bits per heavy atom. The molecule has 0 radical (unpaired) electrons. The largest absolute Gasteiger partial charge is 0.509 e. The fourth-order valence-electron chi connectivity index (χ4n) is 4.07. The van der Waals surface area contributed by atoms with Crippen LogP contribution in [0.15, 0.2) is 41.3 Å². The second-order valence-electron chi connectivity index (χ2n) is 8.41. The van der Waals surface area contributed by atoms with Crippen LogP contribution in [0.3, 0.4) is 0 Å². The lowest BCUT2D eigenvalue weighted by molar-refractivity contribution is 0.00274. The average Bonchev–Trinajstić information content (AvgIpc) is 3.08. The van der Waals surface area contributed by atoms with Gasteiger partial charge in [0.2, 0.25) is 0 Å². The number of nitrogens with zero attached hydrogens (tertiary/aromatic N) is 2. The third-order valence-electron chi connectivity index (χ3n) is 6.04. The quantitative estimate of drug-likeness (QED) is 0.725. The number of likely N-dealkylation sites (tertiary alicyclic amines) is 1. The number of amides is 1. The highest BCUT2D eigenvalue weighted by Crippen LogP contribution is 2.32. The van der Waals surface area contributed by atoms with Crippen molar-refractivity contribution < 1.29 is 19.1 Å². The van der Waals surface area contributed by atoms with Gasteiger partial charge in [-0.25, -0.2) is 4.79 Å². The summed E-state index contributed by atoms with van der Waals surface area (Å²) in [6, 6.07) is 9.61. The summed E-state index contributed by atoms with van der Waals surface area (Å²) in [5, 5.41) is 0. The number of aryl methyl sites for hydroxylation is 1. The zero-order valence-corrected chi connectivity index (χ0v) is 17.5. The number of carbonyl (C=O) groups excluding carboxylic acids is 2. The monoisotopic (exact) mass is 410 g/mol. The normalized spacial score (nSPS) is 17.9. The van der Waals surface area contributed by atoms with Gasteiger partial charge in [-0.15, -0.1) is 0 Å². The minimum absolute atomic E-state index is 0.183. The molecule has 0 aliphatic carbocycles. The van der Waals surface area contributed by atoms with Crippen LogP contribution in [-0.2, 0) is 9.47 Å². The van der Waals surface area contributed by atoms with E-state index in [1.165, 1.54) is 4.57 Å². The van der Waals surface area contributed by atoms with Crippen molar-refractivity contribution >= 4 is 12.1 Å². The Morgan fingerprint density at radius 1 is 1.13 bits per heavy atom. The van der Waals surface area contributed by atoms with Crippen molar-refractivity contribution in [3.05, 3.63) is 63.6 Å². The van der Waals surface area contributed by atoms with Gasteiger partial charge in [-0.3, -0.25) is 14.2 Å². The molecular weight excluding hydrogens is 384 g/mol. The maximum Gasteiger partial charge on any atom is 0.509 e. The molecule has 0 bridgehead atoms. The lowest BCUT2D eigenvalue weighted by Crippen LogP contribution is -2.49. The minimum atomic E-state index is -0.653. The lowest BCUT2D eigenvalue weighted by Gasteiger charge is -2.36. The molecule has 2 fully saturated rings. The van der Waals surface area contributed by atoms with Gasteiger partial charge in [0.15, 0.2) is 5.60 Å². The molecule has 0 atom stereocenters. The molecule has 7 nitrogen and oxygen atoms in total. The number of rotatable bonds is 3. The molecule has 2 aromatic rings. The average molecular weight is 410 g/mol. The smallest absolute Gasteiger partial charge is 0.430 e. The van der Waals surface area contributed by atoms with Crippen LogP contribution in [0, 0.1) is 6.92 Å². The Morgan fingerprint density at radius 3 is 2.50 bits per heavy atom. The van der Waals surface area contributed by atoms with Gasteiger partial charge in [-0.2, -0.15) is 0 Å². The van der Waals surface area contributed by atoms with Gasteiger partial charge in [-0.05, 0) is 42.2 Å². The molecular formula is C23H26N2O5. The van der Waals surface area contributed by atoms with Gasteiger partial charge < -0.3 is 14.4 Å². The Kier molecular flexibility index (Phi) is 5.13. The zero-order chi connectivity index (χ0) is 21.5. The summed E-state index contributed by atoms with van der Waals surface area (Å²) >= 11 is 0. The number of ether oxygens (including phenoxy) is 2. The maximum absolute atomic E-state index is 13.3. The number of pyridine rings is 1. The molecule has 2 aliphatic heterocycles. The van der Waals surface area contributed by atoms with E-state index in [4.69, 9.17) is 9.47 Å². The molecule has 2 aliphatic rings. The summed E-state index contributed by atoms with van der Waals surface area (Å²) in [6.45, 7) is 7.01. The first-order chi connectivity index (χ1) is 14.3. The predicted octanol–water partition coefficient (Wildman–Crippen LogP) is 3.41. The van der Waals surface area contributed by atoms with Gasteiger partial charge in [0.25, 0.3) is 11.5 Å². The molecule has 0 saturated carbocycles. The molecule has 0 N–H and O–H groups in total. The van der Waals surface area contributed by atoms with Crippen LogP contribution >= 0.6 is 0 Å². The molecule has 1 amide bonds. The third-order valence-corrected chi connectivity index (χ3v) is 6.04. The van der Waals surface area contributed by atoms with Crippen molar-refractivity contribution in [3.63, 3.8) is 0 Å². The highest BCUT2D eigenvalue weighted by atomic mass is 16.8. The summed E-state index contributed by atoms with van der Waals surface area (Å²) in [6.07, 6.45) is 2.07. The molecule has 2 saturated heterocycles. The zero-order valence-electron chi connectivity index (χ0n) is 17.5. The van der Waals surface area contributed by atoms with Crippen molar-refractivity contribution in [3.8, 4) is 5.69 Å². The number of aromatic nitrogens is 1. The van der Waals surface area contributed by atoms with Crippen LogP contribution in [0.2, 0.25) is 0 Å². The molecule has 3 heterocycles. The van der Waals surface area contributed by atoms with Crippen LogP contribution < -0.4 is 5.56 Å². The number of piperidine rings is 1. The maximum atomic E-state index is 13.3. The first-order valence-electron chi connectivity index (χ1n) is 10.3. The molecule has 1 aromatic carbocycles. The van der Waals surface area contributed by atoms with E-state index in [9.17, 15) is 14.4 Å². The van der Waals surface area contributed by atoms with Crippen LogP contribution in [0.25, 0.3) is 5.69 Å². The number of hydrogen-bond donors (Lipinski definition) is 0. The van der Waals surface area contributed by atoms with E-state index in [-0.39, 0.29) is 23.6 Å². The predicted molar refractivity (Wildman–Crippen MR) is 111 cm³/mol. The highest BCUT2D eigenvalue weighted by Gasteiger charge is 2.45. The lowest BCUT2D eigenvalue weighted by atomic mass is 9.92. The van der Waals surface area contributed by atoms with Gasteiger partial charge >= 0.3 is 6.16 Å². The SMILES string of the molecule is Cc1ccn(-c2cccc(C(C)C)c2)c(=O)c1C(=O)N1CCC2(CC1)COC(=O)O2. The molecule has 7 heteroatoms. The van der Waals surface area contributed by atoms with Crippen molar-refractivity contribution in [2.45, 2.75) is 45.1 Å². The standard InChI is InChI=1S/C23H26N2O5/c1-15(2)17-5-4-6-18(13-17)25-10-7-16(3)19(21(25)27)20(26)24-11-8-23(9-12-24)14-29-22(28)30-23/h4-7,10,13,15H,8-9,11-12,14H2,1-3H3. The van der Waals surface area contributed by atoms with Gasteiger partial charge in [0.1, 0.15) is 12.2 Å². The molecule has 0 unspecified atom stereocenters. The number of carbonyl (C=O) groups is 2. The topological polar surface area (TPSA) is 77.8 Å². The van der Waals surface area contributed by atoms with Crippen molar-refractivity contribution in [1.29, 1.82) is 0 Å². The molecule has 1 spiro atoms. The van der Waals surface area contributed by atoms with Crippen molar-refractivity contribution in [1.82, 2.24) is 9.47 Å². The van der Waals surface area contributed by atoms with E-state index in [1.54, 1.807) is 24.1 Å². The van der Waals surface area contributed by atoms with E-state index in [2.05, 4.69) is 13.8 Å². The number of cyclic esters (lactones) is 1. The van der Waals surface area contributed by atoms with E-state index < -0.39 is 11.8 Å². The van der Waals surface area contributed by atoms with Crippen molar-refractivity contribution in [2.75, 3.05) is 19.7 Å². The first-order valence-corrected chi connectivity index (χ1v) is 10.3. The summed E-state index contributed by atoms with van der Waals surface area (Å²) in [7, 11) is 0. The second kappa shape index (κ2) is 7.63. The molecule has 4 rings (SSSR count). The van der Waals surface area contributed by atoms with E-state index in [0.717, 1.165) is 11.3 Å². The Bertz CT molecular complexity index is 1050. The van der Waals surface area contributed by atoms with Crippen LogP contribution in [0.1, 0.15) is 54.1 Å². The summed E-state index contributed by atoms with van der Waals surface area (Å²) < 4.78 is 11.8. The fraction of sp³-hybridized carbons (Fsp3) is 0.435. The molecule has 158 valence electrons. The Labute approximate surface area is 175 Å². The Hall–Kier alpha value is -3.09. The first kappa shape index (κ1) is 20.2. The van der Waals surface area contributed by atoms with Gasteiger partial charge in [0, 0.05) is 37.8 Å². The van der Waals surface area contributed by atoms with E-state index in [0.29, 0.717) is 37.4 Å². The summed E-state index contributed by atoms with van der Waals surface area (Å²) in [4.78, 5) is 39.5. The number of hydrogen-bond acceptors (Lipinski definition) is 5. The number of benzene rings is 1. The van der Waals surface area contributed by atoms with Gasteiger partial charge in [-0.1, -0.05) is 26.0 Å². The highest BCUT2D eigenvalue weighted by molar-refractivity contribution is 5.95. The fourth-order valence-corrected chi connectivity index (χ4v) is 4.07. The van der Waals surface area contributed by atoms with Crippen LogP contribution in [0.4, 0.5) is 4.79 Å². The summed E-state index contributed by atoms with van der Waals surface area (Å²) in [5.41, 5.74) is 1.74. The second-order valence-corrected chi connectivity index (χ2v) is 8.41. The van der Waals surface area contributed by atoms with E-state index in [1.807, 2.05) is 24.3 Å². The molecule has 1 aromatic heterocycles. The Balaban J connectivity index is 1.61. The minimum Gasteiger partial charge on any atom is -0.430 e. The van der Waals surface area contributed by atoms with Gasteiger partial charge in [0.05, 0.1) is 0 Å². The van der Waals surface area contributed by atoms with E-state index >= 15 is 0 Å². The van der Waals surface area contributed by atoms with Crippen LogP contribution in [-0.4, -0.2) is 46.8 Å². The third kappa shape index (κ3) is 3.60.